The van der Waals surface area contributed by atoms with Gasteiger partial charge in [0.2, 0.25) is 0 Å². The average molecular weight is 428 g/mol. The average Bonchev–Trinajstić information content (AvgIpc) is 3.40. The van der Waals surface area contributed by atoms with Crippen molar-refractivity contribution in [1.29, 1.82) is 0 Å². The van der Waals surface area contributed by atoms with Crippen LogP contribution in [0.1, 0.15) is 21.6 Å². The van der Waals surface area contributed by atoms with Crippen LogP contribution in [0, 0.1) is 12.8 Å². The molecule has 1 amide bonds. The highest BCUT2D eigenvalue weighted by atomic mass is 16.4. The van der Waals surface area contributed by atoms with Crippen LogP contribution < -0.4 is 10.6 Å². The summed E-state index contributed by atoms with van der Waals surface area (Å²) < 4.78 is 2.17. The number of pyridine rings is 1. The van der Waals surface area contributed by atoms with E-state index in [0.29, 0.717) is 25.2 Å². The number of para-hydroxylation sites is 1. The molecular weight excluding hydrogens is 404 g/mol. The highest BCUT2D eigenvalue weighted by Gasteiger charge is 2.34. The van der Waals surface area contributed by atoms with Gasteiger partial charge in [0, 0.05) is 53.4 Å². The summed E-state index contributed by atoms with van der Waals surface area (Å²) in [6, 6.07) is 17.4. The normalized spacial score (nSPS) is 18.3. The maximum absolute atomic E-state index is 12.7. The van der Waals surface area contributed by atoms with E-state index >= 15 is 0 Å². The molecule has 2 aromatic heterocycles. The molecule has 7 heteroatoms. The van der Waals surface area contributed by atoms with Crippen molar-refractivity contribution in [1.82, 2.24) is 20.2 Å². The summed E-state index contributed by atoms with van der Waals surface area (Å²) in [4.78, 5) is 28.7. The zero-order chi connectivity index (χ0) is 22.2. The minimum absolute atomic E-state index is 0.254. The molecule has 0 radical (unpaired) electrons. The number of aryl methyl sites for hydroxylation is 1. The van der Waals surface area contributed by atoms with Crippen LogP contribution in [0.4, 0.5) is 0 Å². The van der Waals surface area contributed by atoms with Gasteiger partial charge in [0.1, 0.15) is 0 Å². The predicted molar refractivity (Wildman–Crippen MR) is 123 cm³/mol. The van der Waals surface area contributed by atoms with Gasteiger partial charge in [-0.3, -0.25) is 14.6 Å². The minimum atomic E-state index is -0.897. The van der Waals surface area contributed by atoms with E-state index in [-0.39, 0.29) is 5.91 Å². The maximum atomic E-state index is 12.7. The number of aromatic nitrogens is 2. The topological polar surface area (TPSA) is 96.2 Å². The molecule has 3 heterocycles. The Bertz CT molecular complexity index is 1340. The van der Waals surface area contributed by atoms with Gasteiger partial charge < -0.3 is 20.3 Å². The van der Waals surface area contributed by atoms with Gasteiger partial charge in [0.15, 0.2) is 0 Å². The zero-order valence-electron chi connectivity index (χ0n) is 17.7. The number of aliphatic carboxylic acids is 1. The standard InChI is InChI=1S/C25H24N4O3/c1-15-10-18(19-4-2-3-5-21(19)27-15)14-29-9-8-16-11-17(6-7-23(16)29)24(30)28-22-13-26-12-20(22)25(31)32/h2-11,20,22,26H,12-14H2,1H3,(H,28,30)(H,31,32). The first-order chi connectivity index (χ1) is 15.5. The highest BCUT2D eigenvalue weighted by Crippen LogP contribution is 2.23. The number of benzene rings is 2. The van der Waals surface area contributed by atoms with Crippen molar-refractivity contribution in [2.75, 3.05) is 13.1 Å². The highest BCUT2D eigenvalue weighted by molar-refractivity contribution is 5.98. The number of carbonyl (C=O) groups is 2. The number of rotatable bonds is 5. The summed E-state index contributed by atoms with van der Waals surface area (Å²) in [5.74, 6) is -1.76. The summed E-state index contributed by atoms with van der Waals surface area (Å²) in [6.07, 6.45) is 2.03. The second-order valence-electron chi connectivity index (χ2n) is 8.34. The number of hydrogen-bond donors (Lipinski definition) is 3. The second-order valence-corrected chi connectivity index (χ2v) is 8.34. The molecule has 2 atom stereocenters. The van der Waals surface area contributed by atoms with E-state index in [1.54, 1.807) is 6.07 Å². The summed E-state index contributed by atoms with van der Waals surface area (Å²) in [6.45, 7) is 3.53. The fourth-order valence-corrected chi connectivity index (χ4v) is 4.53. The number of carboxylic acid groups (broad SMARTS) is 1. The lowest BCUT2D eigenvalue weighted by Crippen LogP contribution is -2.42. The smallest absolute Gasteiger partial charge is 0.309 e. The molecule has 7 nitrogen and oxygen atoms in total. The first kappa shape index (κ1) is 20.2. The molecule has 0 aliphatic carbocycles. The zero-order valence-corrected chi connectivity index (χ0v) is 17.7. The van der Waals surface area contributed by atoms with Crippen molar-refractivity contribution in [2.45, 2.75) is 19.5 Å². The molecular formula is C25H24N4O3. The van der Waals surface area contributed by atoms with E-state index in [1.807, 2.05) is 49.5 Å². The number of carboxylic acids is 1. The number of carbonyl (C=O) groups excluding carboxylic acids is 1. The first-order valence-electron chi connectivity index (χ1n) is 10.7. The number of nitrogens with one attached hydrogen (secondary N) is 2. The van der Waals surface area contributed by atoms with Crippen LogP contribution in [0.2, 0.25) is 0 Å². The fourth-order valence-electron chi connectivity index (χ4n) is 4.53. The van der Waals surface area contributed by atoms with Gasteiger partial charge >= 0.3 is 5.97 Å². The number of amides is 1. The van der Waals surface area contributed by atoms with Crippen molar-refractivity contribution in [3.05, 3.63) is 77.6 Å². The van der Waals surface area contributed by atoms with Gasteiger partial charge in [-0.25, -0.2) is 0 Å². The molecule has 2 unspecified atom stereocenters. The van der Waals surface area contributed by atoms with Crippen molar-refractivity contribution >= 4 is 33.7 Å². The van der Waals surface area contributed by atoms with E-state index in [9.17, 15) is 14.7 Å². The SMILES string of the molecule is Cc1cc(Cn2ccc3cc(C(=O)NC4CNCC4C(=O)O)ccc32)c2ccccc2n1. The van der Waals surface area contributed by atoms with Crippen LogP contribution >= 0.6 is 0 Å². The van der Waals surface area contributed by atoms with Crippen molar-refractivity contribution in [3.8, 4) is 0 Å². The third-order valence-electron chi connectivity index (χ3n) is 6.15. The summed E-state index contributed by atoms with van der Waals surface area (Å²) in [5, 5.41) is 17.3. The van der Waals surface area contributed by atoms with Gasteiger partial charge in [0.25, 0.3) is 5.91 Å². The van der Waals surface area contributed by atoms with Gasteiger partial charge in [-0.1, -0.05) is 18.2 Å². The molecule has 0 saturated carbocycles. The molecule has 2 aromatic carbocycles. The van der Waals surface area contributed by atoms with Crippen LogP contribution in [-0.2, 0) is 11.3 Å². The molecule has 5 rings (SSSR count). The summed E-state index contributed by atoms with van der Waals surface area (Å²) >= 11 is 0. The van der Waals surface area contributed by atoms with Crippen molar-refractivity contribution in [3.63, 3.8) is 0 Å². The minimum Gasteiger partial charge on any atom is -0.481 e. The molecule has 3 N–H and O–H groups in total. The number of nitrogens with zero attached hydrogens (tertiary/aromatic N) is 2. The molecule has 1 saturated heterocycles. The van der Waals surface area contributed by atoms with Crippen LogP contribution in [-0.4, -0.2) is 45.7 Å². The lowest BCUT2D eigenvalue weighted by Gasteiger charge is -2.16. The lowest BCUT2D eigenvalue weighted by atomic mass is 10.0. The Kier molecular flexibility index (Phi) is 5.11. The van der Waals surface area contributed by atoms with E-state index in [1.165, 1.54) is 5.56 Å². The lowest BCUT2D eigenvalue weighted by molar-refractivity contribution is -0.141. The Morgan fingerprint density at radius 3 is 2.84 bits per heavy atom. The molecule has 32 heavy (non-hydrogen) atoms. The molecule has 162 valence electrons. The van der Waals surface area contributed by atoms with Crippen LogP contribution in [0.3, 0.4) is 0 Å². The summed E-state index contributed by atoms with van der Waals surface area (Å²) in [7, 11) is 0. The van der Waals surface area contributed by atoms with Crippen molar-refractivity contribution < 1.29 is 14.7 Å². The number of fused-ring (bicyclic) bond motifs is 2. The van der Waals surface area contributed by atoms with Crippen molar-refractivity contribution in [2.24, 2.45) is 5.92 Å². The Balaban J connectivity index is 1.40. The van der Waals surface area contributed by atoms with E-state index < -0.39 is 17.9 Å². The Labute approximate surface area is 185 Å². The molecule has 1 fully saturated rings. The predicted octanol–water partition coefficient (Wildman–Crippen LogP) is 2.95. The molecule has 4 aromatic rings. The Hall–Kier alpha value is -3.71. The van der Waals surface area contributed by atoms with Gasteiger partial charge in [-0.2, -0.15) is 0 Å². The van der Waals surface area contributed by atoms with E-state index in [2.05, 4.69) is 32.3 Å². The Morgan fingerprint density at radius 2 is 2.00 bits per heavy atom. The fraction of sp³-hybridized carbons (Fsp3) is 0.240. The third kappa shape index (κ3) is 3.71. The van der Waals surface area contributed by atoms with E-state index in [0.717, 1.165) is 27.5 Å². The molecule has 1 aliphatic heterocycles. The molecule has 1 aliphatic rings. The largest absolute Gasteiger partial charge is 0.481 e. The van der Waals surface area contributed by atoms with E-state index in [4.69, 9.17) is 0 Å². The first-order valence-corrected chi connectivity index (χ1v) is 10.7. The second kappa shape index (κ2) is 8.09. The van der Waals surface area contributed by atoms with Gasteiger partial charge in [0.05, 0.1) is 17.5 Å². The van der Waals surface area contributed by atoms with Crippen LogP contribution in [0.25, 0.3) is 21.8 Å². The summed E-state index contributed by atoms with van der Waals surface area (Å²) in [5.41, 5.74) is 4.72. The molecule has 0 bridgehead atoms. The maximum Gasteiger partial charge on any atom is 0.309 e. The molecule has 0 spiro atoms. The monoisotopic (exact) mass is 428 g/mol. The quantitative estimate of drug-likeness (QED) is 0.454. The Morgan fingerprint density at radius 1 is 1.16 bits per heavy atom. The van der Waals surface area contributed by atoms with Crippen LogP contribution in [0.15, 0.2) is 60.8 Å². The van der Waals surface area contributed by atoms with Gasteiger partial charge in [-0.05, 0) is 48.9 Å². The third-order valence-corrected chi connectivity index (χ3v) is 6.15. The van der Waals surface area contributed by atoms with Gasteiger partial charge in [-0.15, -0.1) is 0 Å². The number of hydrogen-bond acceptors (Lipinski definition) is 4. The van der Waals surface area contributed by atoms with Crippen LogP contribution in [0.5, 0.6) is 0 Å².